The minimum absolute atomic E-state index is 0.000947. The molecule has 0 saturated carbocycles. The molecule has 0 radical (unpaired) electrons. The van der Waals surface area contributed by atoms with Crippen LogP contribution in [0, 0.1) is 17.7 Å². The van der Waals surface area contributed by atoms with Gasteiger partial charge in [-0.25, -0.2) is 19.3 Å². The summed E-state index contributed by atoms with van der Waals surface area (Å²) >= 11 is 0. The van der Waals surface area contributed by atoms with E-state index in [1.807, 2.05) is 0 Å². The molecule has 1 saturated heterocycles. The number of benzene rings is 1. The van der Waals surface area contributed by atoms with Crippen LogP contribution in [0.25, 0.3) is 11.2 Å². The van der Waals surface area contributed by atoms with Crippen molar-refractivity contribution in [2.24, 2.45) is 0 Å². The second kappa shape index (κ2) is 10.3. The summed E-state index contributed by atoms with van der Waals surface area (Å²) in [5, 5.41) is 23.1. The third-order valence-electron chi connectivity index (χ3n) is 5.73. The van der Waals surface area contributed by atoms with Crippen molar-refractivity contribution >= 4 is 28.8 Å². The Hall–Kier alpha value is -4.32. The third-order valence-corrected chi connectivity index (χ3v) is 5.73. The lowest BCUT2D eigenvalue weighted by atomic mass is 10.1. The SMILES string of the molecule is CNC(=O)[C@H]1O[C@@H](n2cnc3c(N)nc(C#CCN(C)C(=O)c4ccc(OC)c(F)c4)nc32)C(O)[C@@H]1O. The van der Waals surface area contributed by atoms with Crippen LogP contribution in [0.2, 0.25) is 0 Å². The van der Waals surface area contributed by atoms with E-state index in [1.54, 1.807) is 0 Å². The number of imidazole rings is 1. The van der Waals surface area contributed by atoms with Crippen LogP contribution < -0.4 is 15.8 Å². The van der Waals surface area contributed by atoms with Crippen molar-refractivity contribution in [1.82, 2.24) is 29.7 Å². The molecule has 37 heavy (non-hydrogen) atoms. The number of methoxy groups -OCH3 is 1. The molecule has 1 aromatic carbocycles. The maximum Gasteiger partial charge on any atom is 0.254 e. The number of halogens is 1. The molecule has 4 rings (SSSR count). The minimum atomic E-state index is -1.48. The number of ether oxygens (including phenoxy) is 2. The number of rotatable bonds is 5. The number of carbonyl (C=O) groups is 2. The number of nitrogen functional groups attached to an aromatic ring is 1. The van der Waals surface area contributed by atoms with E-state index in [2.05, 4.69) is 32.1 Å². The highest BCUT2D eigenvalue weighted by Crippen LogP contribution is 2.32. The molecule has 1 fully saturated rings. The van der Waals surface area contributed by atoms with Crippen LogP contribution in [0.5, 0.6) is 5.75 Å². The molecular weight excluding hydrogens is 489 g/mol. The van der Waals surface area contributed by atoms with Gasteiger partial charge in [-0.1, -0.05) is 5.92 Å². The summed E-state index contributed by atoms with van der Waals surface area (Å²) in [5.74, 6) is 3.78. The number of carbonyl (C=O) groups excluding carboxylic acids is 2. The number of hydrogen-bond acceptors (Lipinski definition) is 10. The molecule has 1 aliphatic rings. The zero-order valence-corrected chi connectivity index (χ0v) is 20.0. The van der Waals surface area contributed by atoms with Crippen molar-refractivity contribution < 1.29 is 33.7 Å². The van der Waals surface area contributed by atoms with Crippen LogP contribution in [0.15, 0.2) is 24.5 Å². The fourth-order valence-electron chi connectivity index (χ4n) is 3.76. The van der Waals surface area contributed by atoms with Gasteiger partial charge < -0.3 is 35.6 Å². The van der Waals surface area contributed by atoms with Crippen LogP contribution >= 0.6 is 0 Å². The van der Waals surface area contributed by atoms with Gasteiger partial charge in [-0.3, -0.25) is 14.2 Å². The van der Waals surface area contributed by atoms with Gasteiger partial charge in [-0.15, -0.1) is 0 Å². The lowest BCUT2D eigenvalue weighted by Crippen LogP contribution is -2.41. The maximum absolute atomic E-state index is 13.9. The molecule has 3 aromatic rings. The van der Waals surface area contributed by atoms with E-state index >= 15 is 0 Å². The van der Waals surface area contributed by atoms with Crippen LogP contribution in [0.1, 0.15) is 22.4 Å². The first kappa shape index (κ1) is 25.8. The lowest BCUT2D eigenvalue weighted by Gasteiger charge is -2.16. The molecule has 0 bridgehead atoms. The normalized spacial score (nSPS) is 20.8. The molecule has 0 spiro atoms. The predicted octanol–water partition coefficient (Wildman–Crippen LogP) is -0.955. The average molecular weight is 513 g/mol. The zero-order valence-electron chi connectivity index (χ0n) is 20.0. The van der Waals surface area contributed by atoms with Gasteiger partial charge in [0.15, 0.2) is 35.4 Å². The van der Waals surface area contributed by atoms with Crippen LogP contribution in [0.4, 0.5) is 10.2 Å². The van der Waals surface area contributed by atoms with Crippen molar-refractivity contribution in [3.63, 3.8) is 0 Å². The number of aromatic nitrogens is 4. The Balaban J connectivity index is 1.54. The van der Waals surface area contributed by atoms with E-state index in [0.717, 1.165) is 6.07 Å². The number of hydrogen-bond donors (Lipinski definition) is 4. The van der Waals surface area contributed by atoms with E-state index in [9.17, 15) is 24.2 Å². The van der Waals surface area contributed by atoms with Gasteiger partial charge in [-0.05, 0) is 24.1 Å². The highest BCUT2D eigenvalue weighted by molar-refractivity contribution is 5.94. The van der Waals surface area contributed by atoms with Gasteiger partial charge in [0, 0.05) is 19.7 Å². The second-order valence-corrected chi connectivity index (χ2v) is 8.11. The molecule has 2 aromatic heterocycles. The molecule has 13 nitrogen and oxygen atoms in total. The summed E-state index contributed by atoms with van der Waals surface area (Å²) in [5.41, 5.74) is 6.48. The number of aliphatic hydroxyl groups excluding tert-OH is 2. The largest absolute Gasteiger partial charge is 0.494 e. The number of nitrogens with one attached hydrogen (secondary N) is 1. The van der Waals surface area contributed by atoms with Crippen molar-refractivity contribution in [3.05, 3.63) is 41.7 Å². The predicted molar refractivity (Wildman–Crippen MR) is 127 cm³/mol. The quantitative estimate of drug-likeness (QED) is 0.311. The fourth-order valence-corrected chi connectivity index (χ4v) is 3.76. The monoisotopic (exact) mass is 513 g/mol. The first-order chi connectivity index (χ1) is 17.7. The Bertz CT molecular complexity index is 1420. The number of aliphatic hydroxyl groups is 2. The Morgan fingerprint density at radius 1 is 1.32 bits per heavy atom. The van der Waals surface area contributed by atoms with Crippen LogP contribution in [-0.2, 0) is 9.53 Å². The van der Waals surface area contributed by atoms with Crippen molar-refractivity contribution in [2.45, 2.75) is 24.5 Å². The lowest BCUT2D eigenvalue weighted by molar-refractivity contribution is -0.137. The summed E-state index contributed by atoms with van der Waals surface area (Å²) in [7, 11) is 4.21. The Labute approximate surface area is 210 Å². The highest BCUT2D eigenvalue weighted by atomic mass is 19.1. The number of amides is 2. The van der Waals surface area contributed by atoms with Gasteiger partial charge in [0.2, 0.25) is 5.82 Å². The number of fused-ring (bicyclic) bond motifs is 1. The van der Waals surface area contributed by atoms with E-state index in [-0.39, 0.29) is 40.7 Å². The zero-order chi connectivity index (χ0) is 26.9. The van der Waals surface area contributed by atoms with Gasteiger partial charge in [-0.2, -0.15) is 0 Å². The molecular formula is C23H24FN7O6. The van der Waals surface area contributed by atoms with Gasteiger partial charge >= 0.3 is 0 Å². The first-order valence-electron chi connectivity index (χ1n) is 11.0. The average Bonchev–Trinajstić information content (AvgIpc) is 3.44. The first-order valence-corrected chi connectivity index (χ1v) is 11.0. The van der Waals surface area contributed by atoms with E-state index in [4.69, 9.17) is 15.2 Å². The smallest absolute Gasteiger partial charge is 0.254 e. The van der Waals surface area contributed by atoms with Gasteiger partial charge in [0.25, 0.3) is 11.8 Å². The number of likely N-dealkylation sites (N-methyl/N-ethyl adjacent to an activating group) is 1. The molecule has 3 heterocycles. The summed E-state index contributed by atoms with van der Waals surface area (Å²) in [6.45, 7) is -0.0303. The Kier molecular flexibility index (Phi) is 7.21. The Morgan fingerprint density at radius 3 is 2.76 bits per heavy atom. The topological polar surface area (TPSA) is 178 Å². The van der Waals surface area contributed by atoms with Crippen molar-refractivity contribution in [1.29, 1.82) is 0 Å². The number of anilines is 1. The number of nitrogens with two attached hydrogens (primary N) is 1. The van der Waals surface area contributed by atoms with Gasteiger partial charge in [0.1, 0.15) is 17.7 Å². The summed E-state index contributed by atoms with van der Waals surface area (Å²) in [6.07, 6.45) is -4.11. The summed E-state index contributed by atoms with van der Waals surface area (Å²) < 4.78 is 25.7. The van der Waals surface area contributed by atoms with E-state index in [1.165, 1.54) is 49.1 Å². The molecule has 2 amide bonds. The van der Waals surface area contributed by atoms with E-state index in [0.29, 0.717) is 0 Å². The molecule has 5 N–H and O–H groups in total. The van der Waals surface area contributed by atoms with Gasteiger partial charge in [0.05, 0.1) is 20.0 Å². The number of nitrogens with zero attached hydrogens (tertiary/aromatic N) is 5. The standard InChI is InChI=1S/C23H24FN7O6/c1-26-21(34)18-16(32)17(33)23(37-18)31-10-27-15-19(25)28-14(29-20(15)31)5-4-8-30(2)22(35)11-6-7-13(36-3)12(24)9-11/h6-7,9-10,16-18,23,32-33H,8H2,1-3H3,(H,26,34)(H2,25,28,29)/t16-,17?,18-,23+/m0/s1. The molecule has 4 atom stereocenters. The molecule has 1 unspecified atom stereocenters. The molecule has 0 aliphatic carbocycles. The van der Waals surface area contributed by atoms with Crippen LogP contribution in [-0.4, -0.2) is 92.5 Å². The highest BCUT2D eigenvalue weighted by Gasteiger charge is 2.47. The summed E-state index contributed by atoms with van der Waals surface area (Å²) in [4.78, 5) is 38.4. The maximum atomic E-state index is 13.9. The summed E-state index contributed by atoms with van der Waals surface area (Å²) in [6, 6.07) is 3.88. The minimum Gasteiger partial charge on any atom is -0.494 e. The Morgan fingerprint density at radius 2 is 2.08 bits per heavy atom. The third kappa shape index (κ3) is 4.87. The van der Waals surface area contributed by atoms with E-state index < -0.39 is 42.2 Å². The molecule has 194 valence electrons. The van der Waals surface area contributed by atoms with Crippen molar-refractivity contribution in [2.75, 3.05) is 33.5 Å². The molecule has 1 aliphatic heterocycles. The second-order valence-electron chi connectivity index (χ2n) is 8.11. The molecule has 14 heteroatoms. The van der Waals surface area contributed by atoms with Crippen LogP contribution in [0.3, 0.4) is 0 Å². The van der Waals surface area contributed by atoms with Crippen molar-refractivity contribution in [3.8, 4) is 17.6 Å². The fraction of sp³-hybridized carbons (Fsp3) is 0.348.